The van der Waals surface area contributed by atoms with Gasteiger partial charge in [-0.05, 0) is 17.9 Å². The maximum Gasteiger partial charge on any atom is 0.0514 e. The Morgan fingerprint density at radius 1 is 1.42 bits per heavy atom. The minimum atomic E-state index is 0.855. The van der Waals surface area contributed by atoms with Crippen molar-refractivity contribution in [1.29, 1.82) is 0 Å². The van der Waals surface area contributed by atoms with E-state index < -0.39 is 0 Å². The van der Waals surface area contributed by atoms with Crippen LogP contribution in [-0.2, 0) is 11.2 Å². The van der Waals surface area contributed by atoms with Crippen LogP contribution in [0.25, 0.3) is 0 Å². The van der Waals surface area contributed by atoms with Crippen LogP contribution < -0.4 is 0 Å². The summed E-state index contributed by atoms with van der Waals surface area (Å²) < 4.78 is 5.42. The predicted molar refractivity (Wildman–Crippen MR) is 57.3 cm³/mol. The zero-order chi connectivity index (χ0) is 8.65. The van der Waals surface area contributed by atoms with Crippen LogP contribution in [0, 0.1) is 0 Å². The fraction of sp³-hybridized carbons (Fsp3) is 0.556. The van der Waals surface area contributed by atoms with E-state index in [1.807, 2.05) is 0 Å². The van der Waals surface area contributed by atoms with Crippen molar-refractivity contribution < 1.29 is 4.74 Å². The van der Waals surface area contributed by atoms with Crippen LogP contribution in [-0.4, -0.2) is 18.5 Å². The number of halogens is 1. The number of hydrogen-bond donors (Lipinski definition) is 0. The molecule has 0 amide bonds. The van der Waals surface area contributed by atoms with Gasteiger partial charge < -0.3 is 4.74 Å². The number of thiophene rings is 1. The molecule has 0 atom stereocenters. The maximum atomic E-state index is 5.42. The highest BCUT2D eigenvalue weighted by atomic mass is 79.9. The molecule has 1 rings (SSSR count). The third-order valence-corrected chi connectivity index (χ3v) is 2.99. The van der Waals surface area contributed by atoms with Gasteiger partial charge in [-0.25, -0.2) is 0 Å². The van der Waals surface area contributed by atoms with Gasteiger partial charge in [-0.2, -0.15) is 0 Å². The Balaban J connectivity index is 1.96. The first-order valence-corrected chi connectivity index (χ1v) is 6.09. The molecule has 0 aromatic carbocycles. The molecule has 0 unspecified atom stereocenters. The summed E-state index contributed by atoms with van der Waals surface area (Å²) in [6.45, 7) is 1.73. The third kappa shape index (κ3) is 4.24. The van der Waals surface area contributed by atoms with Crippen LogP contribution in [0.2, 0.25) is 0 Å². The summed E-state index contributed by atoms with van der Waals surface area (Å²) in [6.07, 6.45) is 2.16. The zero-order valence-corrected chi connectivity index (χ0v) is 9.36. The largest absolute Gasteiger partial charge is 0.381 e. The number of hydrogen-bond acceptors (Lipinski definition) is 2. The van der Waals surface area contributed by atoms with Gasteiger partial charge in [0.15, 0.2) is 0 Å². The summed E-state index contributed by atoms with van der Waals surface area (Å²) in [7, 11) is 0. The van der Waals surface area contributed by atoms with Crippen LogP contribution in [0.4, 0.5) is 0 Å². The highest BCUT2D eigenvalue weighted by molar-refractivity contribution is 9.09. The summed E-state index contributed by atoms with van der Waals surface area (Å²) in [4.78, 5) is 1.41. The van der Waals surface area contributed by atoms with Gasteiger partial charge in [-0.1, -0.05) is 22.0 Å². The van der Waals surface area contributed by atoms with Gasteiger partial charge in [0.05, 0.1) is 6.61 Å². The normalized spacial score (nSPS) is 10.4. The molecule has 68 valence electrons. The second-order valence-corrected chi connectivity index (χ2v) is 4.31. The third-order valence-electron chi connectivity index (χ3n) is 1.50. The first kappa shape index (κ1) is 10.2. The van der Waals surface area contributed by atoms with E-state index in [1.165, 1.54) is 4.88 Å². The molecule has 1 nitrogen and oxygen atoms in total. The summed E-state index contributed by atoms with van der Waals surface area (Å²) in [5, 5.41) is 3.14. The van der Waals surface area contributed by atoms with Gasteiger partial charge in [0.1, 0.15) is 0 Å². The van der Waals surface area contributed by atoms with E-state index >= 15 is 0 Å². The lowest BCUT2D eigenvalue weighted by Crippen LogP contribution is -1.99. The average Bonchev–Trinajstić information content (AvgIpc) is 2.57. The Bertz CT molecular complexity index is 186. The van der Waals surface area contributed by atoms with Gasteiger partial charge in [-0.15, -0.1) is 11.3 Å². The van der Waals surface area contributed by atoms with E-state index in [9.17, 15) is 0 Å². The van der Waals surface area contributed by atoms with E-state index in [1.54, 1.807) is 11.3 Å². The van der Waals surface area contributed by atoms with Gasteiger partial charge in [0.25, 0.3) is 0 Å². The summed E-state index contributed by atoms with van der Waals surface area (Å²) in [5.41, 5.74) is 0. The quantitative estimate of drug-likeness (QED) is 0.556. The Labute approximate surface area is 85.9 Å². The molecule has 0 saturated carbocycles. The van der Waals surface area contributed by atoms with Crippen molar-refractivity contribution in [1.82, 2.24) is 0 Å². The molecule has 0 N–H and O–H groups in total. The van der Waals surface area contributed by atoms with E-state index in [-0.39, 0.29) is 0 Å². The highest BCUT2D eigenvalue weighted by Gasteiger charge is 1.92. The standard InChI is InChI=1S/C9H13BrOS/c10-5-2-6-11-7-4-9-3-1-8-12-9/h1,3,8H,2,4-7H2. The van der Waals surface area contributed by atoms with E-state index in [4.69, 9.17) is 4.74 Å². The Morgan fingerprint density at radius 2 is 2.33 bits per heavy atom. The molecule has 0 spiro atoms. The van der Waals surface area contributed by atoms with Crippen molar-refractivity contribution in [2.24, 2.45) is 0 Å². The predicted octanol–water partition coefficient (Wildman–Crippen LogP) is 3.09. The van der Waals surface area contributed by atoms with Crippen molar-refractivity contribution in [3.63, 3.8) is 0 Å². The fourth-order valence-corrected chi connectivity index (χ4v) is 1.81. The van der Waals surface area contributed by atoms with E-state index in [2.05, 4.69) is 33.4 Å². The molecule has 0 aliphatic rings. The monoisotopic (exact) mass is 248 g/mol. The Hall–Kier alpha value is 0.140. The van der Waals surface area contributed by atoms with Crippen molar-refractivity contribution in [3.05, 3.63) is 22.4 Å². The first-order chi connectivity index (χ1) is 5.93. The van der Waals surface area contributed by atoms with Crippen LogP contribution in [0.1, 0.15) is 11.3 Å². The van der Waals surface area contributed by atoms with Gasteiger partial charge in [0, 0.05) is 23.2 Å². The second-order valence-electron chi connectivity index (χ2n) is 2.48. The lowest BCUT2D eigenvalue weighted by molar-refractivity contribution is 0.139. The zero-order valence-electron chi connectivity index (χ0n) is 6.96. The van der Waals surface area contributed by atoms with Crippen LogP contribution in [0.3, 0.4) is 0 Å². The second kappa shape index (κ2) is 6.63. The molecular weight excluding hydrogens is 236 g/mol. The summed E-state index contributed by atoms with van der Waals surface area (Å²) >= 11 is 5.16. The molecule has 0 aliphatic carbocycles. The lowest BCUT2D eigenvalue weighted by Gasteiger charge is -2.00. The molecule has 0 fully saturated rings. The van der Waals surface area contributed by atoms with Crippen LogP contribution in [0.15, 0.2) is 17.5 Å². The van der Waals surface area contributed by atoms with Gasteiger partial charge in [-0.3, -0.25) is 0 Å². The Kier molecular flexibility index (Phi) is 5.65. The molecule has 1 aromatic heterocycles. The lowest BCUT2D eigenvalue weighted by atomic mass is 10.4. The van der Waals surface area contributed by atoms with Crippen molar-refractivity contribution in [3.8, 4) is 0 Å². The van der Waals surface area contributed by atoms with Crippen LogP contribution >= 0.6 is 27.3 Å². The molecule has 0 saturated heterocycles. The fourth-order valence-electron chi connectivity index (χ4n) is 0.886. The molecule has 3 heteroatoms. The van der Waals surface area contributed by atoms with Crippen molar-refractivity contribution in [2.75, 3.05) is 18.5 Å². The number of rotatable bonds is 6. The topological polar surface area (TPSA) is 9.23 Å². The number of alkyl halides is 1. The SMILES string of the molecule is BrCCCOCCc1cccs1. The Morgan fingerprint density at radius 3 is 3.00 bits per heavy atom. The van der Waals surface area contributed by atoms with Crippen molar-refractivity contribution in [2.45, 2.75) is 12.8 Å². The van der Waals surface area contributed by atoms with Gasteiger partial charge in [0.2, 0.25) is 0 Å². The molecule has 1 heterocycles. The van der Waals surface area contributed by atoms with Crippen LogP contribution in [0.5, 0.6) is 0 Å². The van der Waals surface area contributed by atoms with E-state index in [0.717, 1.165) is 31.4 Å². The minimum Gasteiger partial charge on any atom is -0.381 e. The van der Waals surface area contributed by atoms with E-state index in [0.29, 0.717) is 0 Å². The average molecular weight is 249 g/mol. The van der Waals surface area contributed by atoms with Crippen molar-refractivity contribution >= 4 is 27.3 Å². The number of ether oxygens (including phenoxy) is 1. The van der Waals surface area contributed by atoms with Gasteiger partial charge >= 0.3 is 0 Å². The smallest absolute Gasteiger partial charge is 0.0514 e. The summed E-state index contributed by atoms with van der Waals surface area (Å²) in [5.74, 6) is 0. The minimum absolute atomic E-state index is 0.855. The first-order valence-electron chi connectivity index (χ1n) is 4.09. The maximum absolute atomic E-state index is 5.42. The molecule has 0 bridgehead atoms. The molecule has 0 aliphatic heterocycles. The molecule has 1 aromatic rings. The molecule has 0 radical (unpaired) electrons. The molecule has 12 heavy (non-hydrogen) atoms. The summed E-state index contributed by atoms with van der Waals surface area (Å²) in [6, 6.07) is 4.23. The molecular formula is C9H13BrOS. The highest BCUT2D eigenvalue weighted by Crippen LogP contribution is 2.08.